The normalized spacial score (nSPS) is 11.0. The van der Waals surface area contributed by atoms with Gasteiger partial charge < -0.3 is 21.1 Å². The molecule has 0 unspecified atom stereocenters. The minimum absolute atomic E-state index is 0.184. The fraction of sp³-hybridized carbons (Fsp3) is 0.190. The van der Waals surface area contributed by atoms with Gasteiger partial charge in [-0.2, -0.15) is 0 Å². The number of rotatable bonds is 7. The van der Waals surface area contributed by atoms with Gasteiger partial charge in [-0.3, -0.25) is 0 Å². The van der Waals surface area contributed by atoms with E-state index >= 15 is 0 Å². The number of nitrogens with zero attached hydrogens (tertiary/aromatic N) is 2. The lowest BCUT2D eigenvalue weighted by molar-refractivity contribution is 0.251. The number of urea groups is 1. The van der Waals surface area contributed by atoms with Crippen molar-refractivity contribution < 1.29 is 17.9 Å². The van der Waals surface area contributed by atoms with Crippen molar-refractivity contribution in [1.82, 2.24) is 15.3 Å². The average Bonchev–Trinajstić information content (AvgIpc) is 2.71. The average molecular weight is 442 g/mol. The van der Waals surface area contributed by atoms with Gasteiger partial charge in [0.05, 0.1) is 18.6 Å². The third-order valence-electron chi connectivity index (χ3n) is 4.22. The first-order chi connectivity index (χ1) is 14.7. The highest BCUT2D eigenvalue weighted by Crippen LogP contribution is 2.20. The van der Waals surface area contributed by atoms with Gasteiger partial charge in [0, 0.05) is 30.1 Å². The van der Waals surface area contributed by atoms with Gasteiger partial charge in [-0.25, -0.2) is 23.2 Å². The summed E-state index contributed by atoms with van der Waals surface area (Å²) in [6.07, 6.45) is 1.13. The molecule has 0 radical (unpaired) electrons. The van der Waals surface area contributed by atoms with E-state index in [-0.39, 0.29) is 17.6 Å². The molecule has 0 aliphatic heterocycles. The molecule has 0 saturated heterocycles. The molecular formula is C21H23N5O4S. The van der Waals surface area contributed by atoms with Crippen LogP contribution in [0.25, 0.3) is 11.4 Å². The van der Waals surface area contributed by atoms with Crippen LogP contribution in [-0.2, 0) is 22.1 Å². The SMILES string of the molecule is COc1ccc(CNC(=O)Nc2ccc(-c3nc(N)cc(CS(C)(=O)=O)n3)cc2)cc1. The van der Waals surface area contributed by atoms with E-state index in [0.717, 1.165) is 17.6 Å². The second kappa shape index (κ2) is 9.43. The van der Waals surface area contributed by atoms with E-state index in [1.165, 1.54) is 6.07 Å². The Morgan fingerprint density at radius 3 is 2.35 bits per heavy atom. The van der Waals surface area contributed by atoms with Crippen LogP contribution in [0.15, 0.2) is 54.6 Å². The number of aromatic nitrogens is 2. The van der Waals surface area contributed by atoms with Crippen LogP contribution in [0.4, 0.5) is 16.3 Å². The Morgan fingerprint density at radius 1 is 1.06 bits per heavy atom. The predicted molar refractivity (Wildman–Crippen MR) is 119 cm³/mol. The van der Waals surface area contributed by atoms with Crippen LogP contribution < -0.4 is 21.1 Å². The molecule has 4 N–H and O–H groups in total. The number of carbonyl (C=O) groups excluding carboxylic acids is 1. The Hall–Kier alpha value is -3.66. The molecule has 3 rings (SSSR count). The lowest BCUT2D eigenvalue weighted by Crippen LogP contribution is -2.28. The van der Waals surface area contributed by atoms with Crippen LogP contribution in [0.1, 0.15) is 11.3 Å². The maximum atomic E-state index is 12.1. The number of sulfone groups is 1. The first kappa shape index (κ1) is 22.0. The van der Waals surface area contributed by atoms with Gasteiger partial charge in [0.15, 0.2) is 15.7 Å². The molecule has 0 aliphatic carbocycles. The molecule has 0 spiro atoms. The quantitative estimate of drug-likeness (QED) is 0.512. The van der Waals surface area contributed by atoms with Crippen molar-refractivity contribution in [2.75, 3.05) is 24.4 Å². The van der Waals surface area contributed by atoms with Gasteiger partial charge in [0.25, 0.3) is 0 Å². The fourth-order valence-electron chi connectivity index (χ4n) is 2.79. The van der Waals surface area contributed by atoms with Gasteiger partial charge in [-0.1, -0.05) is 12.1 Å². The topological polar surface area (TPSA) is 136 Å². The Balaban J connectivity index is 1.62. The number of amides is 2. The summed E-state index contributed by atoms with van der Waals surface area (Å²) in [6.45, 7) is 0.369. The van der Waals surface area contributed by atoms with Crippen LogP contribution in [-0.4, -0.2) is 37.8 Å². The van der Waals surface area contributed by atoms with Gasteiger partial charge in [-0.05, 0) is 42.0 Å². The van der Waals surface area contributed by atoms with Crippen molar-refractivity contribution in [3.63, 3.8) is 0 Å². The number of benzene rings is 2. The summed E-state index contributed by atoms with van der Waals surface area (Å²) >= 11 is 0. The second-order valence-corrected chi connectivity index (χ2v) is 9.05. The summed E-state index contributed by atoms with van der Waals surface area (Å²) in [5.74, 6) is 1.03. The second-order valence-electron chi connectivity index (χ2n) is 6.91. The summed E-state index contributed by atoms with van der Waals surface area (Å²) < 4.78 is 28.2. The Bertz CT molecular complexity index is 1160. The third-order valence-corrected chi connectivity index (χ3v) is 5.04. The van der Waals surface area contributed by atoms with Crippen LogP contribution in [0, 0.1) is 0 Å². The number of nitrogen functional groups attached to an aromatic ring is 1. The maximum Gasteiger partial charge on any atom is 0.319 e. The summed E-state index contributed by atoms with van der Waals surface area (Å²) in [5.41, 5.74) is 8.28. The number of ether oxygens (including phenoxy) is 1. The molecule has 2 amide bonds. The van der Waals surface area contributed by atoms with Crippen LogP contribution in [0.3, 0.4) is 0 Å². The predicted octanol–water partition coefficient (Wildman–Crippen LogP) is 2.60. The third kappa shape index (κ3) is 6.68. The number of nitrogens with two attached hydrogens (primary N) is 1. The minimum atomic E-state index is -3.25. The number of carbonyl (C=O) groups is 1. The first-order valence-corrected chi connectivity index (χ1v) is 11.4. The van der Waals surface area contributed by atoms with Crippen molar-refractivity contribution in [2.24, 2.45) is 0 Å². The lowest BCUT2D eigenvalue weighted by atomic mass is 10.2. The lowest BCUT2D eigenvalue weighted by Gasteiger charge is -2.09. The van der Waals surface area contributed by atoms with E-state index in [9.17, 15) is 13.2 Å². The molecule has 1 heterocycles. The van der Waals surface area contributed by atoms with Gasteiger partial charge >= 0.3 is 6.03 Å². The smallest absolute Gasteiger partial charge is 0.319 e. The summed E-state index contributed by atoms with van der Waals surface area (Å²) in [6, 6.07) is 15.3. The zero-order chi connectivity index (χ0) is 22.4. The summed E-state index contributed by atoms with van der Waals surface area (Å²) in [5, 5.41) is 5.53. The monoisotopic (exact) mass is 441 g/mol. The number of anilines is 2. The number of hydrogen-bond donors (Lipinski definition) is 3. The molecule has 10 heteroatoms. The molecule has 0 fully saturated rings. The van der Waals surface area contributed by atoms with E-state index in [1.807, 2.05) is 24.3 Å². The fourth-order valence-corrected chi connectivity index (χ4v) is 3.48. The number of methoxy groups -OCH3 is 1. The molecule has 31 heavy (non-hydrogen) atoms. The number of nitrogens with one attached hydrogen (secondary N) is 2. The van der Waals surface area contributed by atoms with Crippen molar-refractivity contribution in [1.29, 1.82) is 0 Å². The van der Waals surface area contributed by atoms with E-state index in [2.05, 4.69) is 20.6 Å². The summed E-state index contributed by atoms with van der Waals surface area (Å²) in [7, 11) is -1.65. The highest BCUT2D eigenvalue weighted by molar-refractivity contribution is 7.89. The van der Waals surface area contributed by atoms with Gasteiger partial charge in [0.1, 0.15) is 11.6 Å². The van der Waals surface area contributed by atoms with Crippen LogP contribution in [0.2, 0.25) is 0 Å². The molecule has 0 bridgehead atoms. The Kier molecular flexibility index (Phi) is 6.71. The molecule has 0 aliphatic rings. The van der Waals surface area contributed by atoms with E-state index in [0.29, 0.717) is 29.3 Å². The minimum Gasteiger partial charge on any atom is -0.497 e. The number of hydrogen-bond acceptors (Lipinski definition) is 7. The standard InChI is InChI=1S/C21H23N5O4S/c1-30-18-9-3-14(4-10-18)12-23-21(27)25-16-7-5-15(6-8-16)20-24-17(11-19(22)26-20)13-31(2,28)29/h3-11H,12-13H2,1-2H3,(H2,22,24,26)(H2,23,25,27). The Labute approximate surface area is 180 Å². The largest absolute Gasteiger partial charge is 0.497 e. The molecule has 0 atom stereocenters. The van der Waals surface area contributed by atoms with E-state index in [1.54, 1.807) is 31.4 Å². The van der Waals surface area contributed by atoms with Gasteiger partial charge in [-0.15, -0.1) is 0 Å². The zero-order valence-electron chi connectivity index (χ0n) is 17.1. The van der Waals surface area contributed by atoms with Crippen molar-refractivity contribution in [2.45, 2.75) is 12.3 Å². The molecule has 0 saturated carbocycles. The highest BCUT2D eigenvalue weighted by Gasteiger charge is 2.11. The molecule has 162 valence electrons. The molecule has 3 aromatic rings. The van der Waals surface area contributed by atoms with E-state index < -0.39 is 9.84 Å². The Morgan fingerprint density at radius 2 is 1.74 bits per heavy atom. The van der Waals surface area contributed by atoms with Crippen LogP contribution >= 0.6 is 0 Å². The van der Waals surface area contributed by atoms with Crippen molar-refractivity contribution in [3.05, 3.63) is 65.9 Å². The maximum absolute atomic E-state index is 12.1. The van der Waals surface area contributed by atoms with Crippen LogP contribution in [0.5, 0.6) is 5.75 Å². The van der Waals surface area contributed by atoms with Gasteiger partial charge in [0.2, 0.25) is 0 Å². The zero-order valence-corrected chi connectivity index (χ0v) is 17.9. The van der Waals surface area contributed by atoms with Crippen molar-refractivity contribution >= 4 is 27.4 Å². The van der Waals surface area contributed by atoms with Crippen molar-refractivity contribution in [3.8, 4) is 17.1 Å². The van der Waals surface area contributed by atoms with E-state index in [4.69, 9.17) is 10.5 Å². The highest BCUT2D eigenvalue weighted by atomic mass is 32.2. The summed E-state index contributed by atoms with van der Waals surface area (Å²) in [4.78, 5) is 20.6. The molecular weight excluding hydrogens is 418 g/mol. The molecule has 9 nitrogen and oxygen atoms in total. The molecule has 1 aromatic heterocycles. The first-order valence-electron chi connectivity index (χ1n) is 9.31. The molecule has 2 aromatic carbocycles.